The summed E-state index contributed by atoms with van der Waals surface area (Å²) in [6.07, 6.45) is 9.29. The van der Waals surface area contributed by atoms with Crippen LogP contribution in [0.25, 0.3) is 0 Å². The van der Waals surface area contributed by atoms with Gasteiger partial charge in [-0.1, -0.05) is 19.3 Å². The second kappa shape index (κ2) is 6.63. The Morgan fingerprint density at radius 3 is 2.80 bits per heavy atom. The molecule has 3 rings (SSSR count). The van der Waals surface area contributed by atoms with Crippen LogP contribution in [0.4, 0.5) is 0 Å². The van der Waals surface area contributed by atoms with Crippen molar-refractivity contribution < 1.29 is 4.74 Å². The minimum absolute atomic E-state index is 0.289. The Labute approximate surface area is 120 Å². The molecule has 1 saturated heterocycles. The van der Waals surface area contributed by atoms with Crippen LogP contribution in [0.5, 0.6) is 0 Å². The van der Waals surface area contributed by atoms with E-state index in [0.717, 1.165) is 38.4 Å². The molecule has 0 amide bonds. The molecule has 2 heterocycles. The fourth-order valence-electron chi connectivity index (χ4n) is 3.33. The molecule has 1 unspecified atom stereocenters. The highest BCUT2D eigenvalue weighted by Crippen LogP contribution is 2.22. The average molecular weight is 279 g/mol. The van der Waals surface area contributed by atoms with Gasteiger partial charge in [-0.05, 0) is 43.2 Å². The van der Waals surface area contributed by atoms with E-state index in [0.29, 0.717) is 6.04 Å². The molecule has 1 aliphatic heterocycles. The van der Waals surface area contributed by atoms with Crippen molar-refractivity contribution in [3.05, 3.63) is 5.82 Å². The SMILES string of the molecule is CN(Cc1nnnn1CC1CCCO1)C1CCCCC1. The van der Waals surface area contributed by atoms with Crippen molar-refractivity contribution in [1.29, 1.82) is 0 Å². The molecular weight excluding hydrogens is 254 g/mol. The zero-order valence-electron chi connectivity index (χ0n) is 12.4. The predicted octanol–water partition coefficient (Wildman–Crippen LogP) is 1.62. The normalized spacial score (nSPS) is 24.6. The quantitative estimate of drug-likeness (QED) is 0.819. The molecule has 1 aromatic heterocycles. The van der Waals surface area contributed by atoms with Gasteiger partial charge in [0.1, 0.15) is 0 Å². The lowest BCUT2D eigenvalue weighted by Crippen LogP contribution is -2.34. The lowest BCUT2D eigenvalue weighted by atomic mass is 9.94. The smallest absolute Gasteiger partial charge is 0.165 e. The summed E-state index contributed by atoms with van der Waals surface area (Å²) in [7, 11) is 2.20. The first-order valence-corrected chi connectivity index (χ1v) is 7.90. The standard InChI is InChI=1S/C14H25N5O/c1-18(12-6-3-2-4-7-12)11-14-15-16-17-19(14)10-13-8-5-9-20-13/h12-13H,2-11H2,1H3. The molecule has 6 heteroatoms. The van der Waals surface area contributed by atoms with Gasteiger partial charge in [0.05, 0.1) is 19.2 Å². The average Bonchev–Trinajstić information content (AvgIpc) is 3.13. The van der Waals surface area contributed by atoms with E-state index in [1.165, 1.54) is 32.1 Å². The summed E-state index contributed by atoms with van der Waals surface area (Å²) in [5, 5.41) is 12.2. The lowest BCUT2D eigenvalue weighted by Gasteiger charge is -2.30. The van der Waals surface area contributed by atoms with Crippen LogP contribution in [0.15, 0.2) is 0 Å². The second-order valence-corrected chi connectivity index (χ2v) is 6.12. The first-order chi connectivity index (χ1) is 9.83. The number of rotatable bonds is 5. The molecule has 20 heavy (non-hydrogen) atoms. The number of hydrogen-bond acceptors (Lipinski definition) is 5. The van der Waals surface area contributed by atoms with Gasteiger partial charge in [0.25, 0.3) is 0 Å². The fraction of sp³-hybridized carbons (Fsp3) is 0.929. The third-order valence-electron chi connectivity index (χ3n) is 4.60. The highest BCUT2D eigenvalue weighted by atomic mass is 16.5. The second-order valence-electron chi connectivity index (χ2n) is 6.12. The Morgan fingerprint density at radius 2 is 2.05 bits per heavy atom. The number of tetrazole rings is 1. The molecule has 112 valence electrons. The van der Waals surface area contributed by atoms with Crippen LogP contribution in [0.3, 0.4) is 0 Å². The zero-order valence-corrected chi connectivity index (χ0v) is 12.4. The number of nitrogens with zero attached hydrogens (tertiary/aromatic N) is 5. The van der Waals surface area contributed by atoms with Gasteiger partial charge in [-0.15, -0.1) is 5.10 Å². The van der Waals surface area contributed by atoms with E-state index < -0.39 is 0 Å². The van der Waals surface area contributed by atoms with E-state index in [2.05, 4.69) is 27.5 Å². The van der Waals surface area contributed by atoms with Crippen molar-refractivity contribution in [2.45, 2.75) is 70.2 Å². The summed E-state index contributed by atoms with van der Waals surface area (Å²) in [6, 6.07) is 0.691. The first-order valence-electron chi connectivity index (χ1n) is 7.90. The fourth-order valence-corrected chi connectivity index (χ4v) is 3.33. The zero-order chi connectivity index (χ0) is 13.8. The molecule has 0 N–H and O–H groups in total. The van der Waals surface area contributed by atoms with Crippen molar-refractivity contribution in [2.24, 2.45) is 0 Å². The topological polar surface area (TPSA) is 56.1 Å². The van der Waals surface area contributed by atoms with Crippen molar-refractivity contribution >= 4 is 0 Å². The molecule has 0 spiro atoms. The maximum Gasteiger partial charge on any atom is 0.165 e. The highest BCUT2D eigenvalue weighted by Gasteiger charge is 2.22. The third-order valence-corrected chi connectivity index (χ3v) is 4.60. The molecule has 2 aliphatic rings. The Hall–Kier alpha value is -1.01. The van der Waals surface area contributed by atoms with Crippen molar-refractivity contribution in [2.75, 3.05) is 13.7 Å². The van der Waals surface area contributed by atoms with Gasteiger partial charge in [0.2, 0.25) is 0 Å². The van der Waals surface area contributed by atoms with Crippen LogP contribution < -0.4 is 0 Å². The van der Waals surface area contributed by atoms with E-state index in [-0.39, 0.29) is 6.10 Å². The monoisotopic (exact) mass is 279 g/mol. The van der Waals surface area contributed by atoms with Gasteiger partial charge in [0.15, 0.2) is 5.82 Å². The Morgan fingerprint density at radius 1 is 1.20 bits per heavy atom. The largest absolute Gasteiger partial charge is 0.376 e. The summed E-state index contributed by atoms with van der Waals surface area (Å²) in [6.45, 7) is 2.51. The van der Waals surface area contributed by atoms with E-state index in [9.17, 15) is 0 Å². The van der Waals surface area contributed by atoms with Crippen LogP contribution >= 0.6 is 0 Å². The van der Waals surface area contributed by atoms with Gasteiger partial charge >= 0.3 is 0 Å². The van der Waals surface area contributed by atoms with E-state index in [4.69, 9.17) is 4.74 Å². The maximum atomic E-state index is 5.67. The summed E-state index contributed by atoms with van der Waals surface area (Å²) in [4.78, 5) is 2.41. The Bertz CT molecular complexity index is 409. The molecule has 1 aromatic rings. The predicted molar refractivity (Wildman–Crippen MR) is 75.1 cm³/mol. The van der Waals surface area contributed by atoms with E-state index >= 15 is 0 Å². The van der Waals surface area contributed by atoms with Gasteiger partial charge in [-0.3, -0.25) is 4.90 Å². The Kier molecular flexibility index (Phi) is 4.62. The van der Waals surface area contributed by atoms with Gasteiger partial charge in [-0.2, -0.15) is 0 Å². The summed E-state index contributed by atoms with van der Waals surface area (Å²) < 4.78 is 7.60. The minimum Gasteiger partial charge on any atom is -0.376 e. The van der Waals surface area contributed by atoms with E-state index in [1.54, 1.807) is 0 Å². The lowest BCUT2D eigenvalue weighted by molar-refractivity contribution is 0.0911. The highest BCUT2D eigenvalue weighted by molar-refractivity contribution is 4.85. The Balaban J connectivity index is 1.57. The van der Waals surface area contributed by atoms with Gasteiger partial charge in [0, 0.05) is 12.6 Å². The van der Waals surface area contributed by atoms with Crippen molar-refractivity contribution in [3.63, 3.8) is 0 Å². The van der Waals surface area contributed by atoms with Crippen LogP contribution in [0.1, 0.15) is 50.8 Å². The van der Waals surface area contributed by atoms with Gasteiger partial charge < -0.3 is 4.74 Å². The van der Waals surface area contributed by atoms with E-state index in [1.807, 2.05) is 4.68 Å². The van der Waals surface area contributed by atoms with Crippen LogP contribution in [-0.2, 0) is 17.8 Å². The molecular formula is C14H25N5O. The summed E-state index contributed by atoms with van der Waals surface area (Å²) in [5.41, 5.74) is 0. The van der Waals surface area contributed by atoms with Crippen LogP contribution in [0, 0.1) is 0 Å². The number of hydrogen-bond donors (Lipinski definition) is 0. The van der Waals surface area contributed by atoms with Crippen molar-refractivity contribution in [1.82, 2.24) is 25.1 Å². The summed E-state index contributed by atoms with van der Waals surface area (Å²) in [5.74, 6) is 0.966. The minimum atomic E-state index is 0.289. The molecule has 1 atom stereocenters. The van der Waals surface area contributed by atoms with Crippen molar-refractivity contribution in [3.8, 4) is 0 Å². The molecule has 1 aliphatic carbocycles. The number of aromatic nitrogens is 4. The van der Waals surface area contributed by atoms with Crippen LogP contribution in [0.2, 0.25) is 0 Å². The molecule has 6 nitrogen and oxygen atoms in total. The molecule has 2 fully saturated rings. The third kappa shape index (κ3) is 3.35. The molecule has 0 aromatic carbocycles. The first kappa shape index (κ1) is 13.9. The molecule has 0 bridgehead atoms. The molecule has 1 saturated carbocycles. The maximum absolute atomic E-state index is 5.67. The summed E-state index contributed by atoms with van der Waals surface area (Å²) >= 11 is 0. The molecule has 0 radical (unpaired) electrons. The van der Waals surface area contributed by atoms with Crippen LogP contribution in [-0.4, -0.2) is 50.9 Å². The van der Waals surface area contributed by atoms with Gasteiger partial charge in [-0.25, -0.2) is 4.68 Å². The number of ether oxygens (including phenoxy) is 1.